The maximum atomic E-state index is 12.2. The number of hydrogen-bond acceptors (Lipinski definition) is 4. The molecule has 0 aliphatic rings. The lowest BCUT2D eigenvalue weighted by atomic mass is 10.2. The van der Waals surface area contributed by atoms with Crippen LogP contribution in [0, 0.1) is 6.92 Å². The van der Waals surface area contributed by atoms with Crippen molar-refractivity contribution < 1.29 is 17.9 Å². The van der Waals surface area contributed by atoms with Gasteiger partial charge in [0.25, 0.3) is 0 Å². The zero-order chi connectivity index (χ0) is 16.9. The number of anilines is 1. The van der Waals surface area contributed by atoms with Gasteiger partial charge < -0.3 is 10.1 Å². The van der Waals surface area contributed by atoms with Crippen LogP contribution in [0.2, 0.25) is 0 Å². The number of ether oxygens (including phenoxy) is 1. The van der Waals surface area contributed by atoms with Crippen molar-refractivity contribution >= 4 is 21.4 Å². The van der Waals surface area contributed by atoms with Crippen LogP contribution in [-0.4, -0.2) is 27.2 Å². The molecule has 0 aliphatic carbocycles. The predicted octanol–water partition coefficient (Wildman–Crippen LogP) is 2.81. The minimum absolute atomic E-state index is 0.0950. The molecule has 0 unspecified atom stereocenters. The minimum atomic E-state index is -3.46. The molecule has 0 saturated heterocycles. The van der Waals surface area contributed by atoms with E-state index >= 15 is 0 Å². The van der Waals surface area contributed by atoms with Crippen molar-refractivity contribution in [1.82, 2.24) is 0 Å². The number of carbonyl (C=O) groups excluding carboxylic acids is 1. The summed E-state index contributed by atoms with van der Waals surface area (Å²) in [6.45, 7) is 1.89. The molecule has 0 aromatic heterocycles. The van der Waals surface area contributed by atoms with Crippen molar-refractivity contribution in [2.45, 2.75) is 18.2 Å². The molecule has 0 aliphatic heterocycles. The van der Waals surface area contributed by atoms with E-state index in [4.69, 9.17) is 4.74 Å². The first-order valence-corrected chi connectivity index (χ1v) is 8.79. The Morgan fingerprint density at radius 3 is 2.22 bits per heavy atom. The third-order valence-electron chi connectivity index (χ3n) is 3.35. The molecule has 0 saturated carbocycles. The molecule has 23 heavy (non-hydrogen) atoms. The third-order valence-corrected chi connectivity index (χ3v) is 5.08. The first-order chi connectivity index (χ1) is 10.9. The average molecular weight is 333 g/mol. The topological polar surface area (TPSA) is 72.5 Å². The van der Waals surface area contributed by atoms with Crippen LogP contribution in [0.1, 0.15) is 12.0 Å². The Labute approximate surface area is 136 Å². The molecule has 0 atom stereocenters. The number of amides is 1. The maximum absolute atomic E-state index is 12.2. The van der Waals surface area contributed by atoms with E-state index < -0.39 is 9.84 Å². The molecule has 2 aromatic rings. The fraction of sp³-hybridized carbons (Fsp3) is 0.235. The molecule has 122 valence electrons. The molecule has 6 heteroatoms. The number of methoxy groups -OCH3 is 1. The van der Waals surface area contributed by atoms with Crippen molar-refractivity contribution in [2.75, 3.05) is 18.2 Å². The molecule has 0 radical (unpaired) electrons. The first-order valence-electron chi connectivity index (χ1n) is 7.14. The second-order valence-corrected chi connectivity index (χ2v) is 7.27. The van der Waals surface area contributed by atoms with Gasteiger partial charge in [-0.25, -0.2) is 8.42 Å². The minimum Gasteiger partial charge on any atom is -0.497 e. The Hall–Kier alpha value is -2.34. The van der Waals surface area contributed by atoms with Gasteiger partial charge in [0.2, 0.25) is 5.91 Å². The van der Waals surface area contributed by atoms with Gasteiger partial charge in [-0.05, 0) is 43.3 Å². The second kappa shape index (κ2) is 7.28. The van der Waals surface area contributed by atoms with Gasteiger partial charge in [0.15, 0.2) is 9.84 Å². The van der Waals surface area contributed by atoms with Gasteiger partial charge in [-0.15, -0.1) is 0 Å². The summed E-state index contributed by atoms with van der Waals surface area (Å²) in [6.07, 6.45) is -0.0950. The molecule has 0 spiro atoms. The highest BCUT2D eigenvalue weighted by molar-refractivity contribution is 7.91. The number of sulfone groups is 1. The Morgan fingerprint density at radius 1 is 1.04 bits per heavy atom. The summed E-state index contributed by atoms with van der Waals surface area (Å²) in [7, 11) is -1.90. The van der Waals surface area contributed by atoms with Gasteiger partial charge in [-0.2, -0.15) is 0 Å². The summed E-state index contributed by atoms with van der Waals surface area (Å²) in [5.74, 6) is 0.119. The third kappa shape index (κ3) is 4.82. The average Bonchev–Trinajstić information content (AvgIpc) is 2.54. The SMILES string of the molecule is COc1ccc(NC(=O)CCS(=O)(=O)c2ccc(C)cc2)cc1. The highest BCUT2D eigenvalue weighted by Gasteiger charge is 2.16. The molecule has 0 heterocycles. The molecule has 2 aromatic carbocycles. The van der Waals surface area contributed by atoms with Gasteiger partial charge in [-0.1, -0.05) is 17.7 Å². The van der Waals surface area contributed by atoms with Crippen LogP contribution in [0.4, 0.5) is 5.69 Å². The van der Waals surface area contributed by atoms with E-state index in [1.807, 2.05) is 6.92 Å². The first kappa shape index (κ1) is 17.0. The van der Waals surface area contributed by atoms with Crippen LogP contribution >= 0.6 is 0 Å². The number of benzene rings is 2. The monoisotopic (exact) mass is 333 g/mol. The standard InChI is InChI=1S/C17H19NO4S/c1-13-3-9-16(10-4-13)23(20,21)12-11-17(19)18-14-5-7-15(22-2)8-6-14/h3-10H,11-12H2,1-2H3,(H,18,19). The van der Waals surface area contributed by atoms with E-state index in [-0.39, 0.29) is 23.0 Å². The summed E-state index contributed by atoms with van der Waals surface area (Å²) < 4.78 is 29.4. The molecule has 5 nitrogen and oxygen atoms in total. The van der Waals surface area contributed by atoms with Crippen LogP contribution in [0.5, 0.6) is 5.75 Å². The molecule has 2 rings (SSSR count). The lowest BCUT2D eigenvalue weighted by Gasteiger charge is -2.07. The van der Waals surface area contributed by atoms with Gasteiger partial charge >= 0.3 is 0 Å². The quantitative estimate of drug-likeness (QED) is 0.882. The zero-order valence-electron chi connectivity index (χ0n) is 13.1. The molecule has 1 N–H and O–H groups in total. The molecule has 0 fully saturated rings. The van der Waals surface area contributed by atoms with Crippen LogP contribution in [-0.2, 0) is 14.6 Å². The van der Waals surface area contributed by atoms with Gasteiger partial charge in [0, 0.05) is 12.1 Å². The number of rotatable bonds is 6. The van der Waals surface area contributed by atoms with E-state index in [0.29, 0.717) is 11.4 Å². The molecular formula is C17H19NO4S. The van der Waals surface area contributed by atoms with E-state index in [9.17, 15) is 13.2 Å². The molecule has 0 bridgehead atoms. The summed E-state index contributed by atoms with van der Waals surface area (Å²) in [5, 5.41) is 2.67. The number of hydrogen-bond donors (Lipinski definition) is 1. The lowest BCUT2D eigenvalue weighted by molar-refractivity contribution is -0.115. The van der Waals surface area contributed by atoms with Crippen molar-refractivity contribution in [1.29, 1.82) is 0 Å². The van der Waals surface area contributed by atoms with E-state index in [1.165, 1.54) is 0 Å². The summed E-state index contributed by atoms with van der Waals surface area (Å²) in [5.41, 5.74) is 1.59. The Balaban J connectivity index is 1.93. The fourth-order valence-corrected chi connectivity index (χ4v) is 3.23. The summed E-state index contributed by atoms with van der Waals surface area (Å²) in [6, 6.07) is 13.4. The Bertz CT molecular complexity index is 765. The second-order valence-electron chi connectivity index (χ2n) is 5.16. The van der Waals surface area contributed by atoms with Gasteiger partial charge in [-0.3, -0.25) is 4.79 Å². The van der Waals surface area contributed by atoms with Crippen LogP contribution < -0.4 is 10.1 Å². The van der Waals surface area contributed by atoms with Gasteiger partial charge in [0.05, 0.1) is 17.8 Å². The molecular weight excluding hydrogens is 314 g/mol. The highest BCUT2D eigenvalue weighted by Crippen LogP contribution is 2.16. The van der Waals surface area contributed by atoms with E-state index in [0.717, 1.165) is 5.56 Å². The Morgan fingerprint density at radius 2 is 1.65 bits per heavy atom. The van der Waals surface area contributed by atoms with Crippen molar-refractivity contribution in [3.63, 3.8) is 0 Å². The predicted molar refractivity (Wildman–Crippen MR) is 89.5 cm³/mol. The highest BCUT2D eigenvalue weighted by atomic mass is 32.2. The lowest BCUT2D eigenvalue weighted by Crippen LogP contribution is -2.17. The Kier molecular flexibility index (Phi) is 5.39. The van der Waals surface area contributed by atoms with Crippen molar-refractivity contribution in [3.05, 3.63) is 54.1 Å². The van der Waals surface area contributed by atoms with Crippen LogP contribution in [0.15, 0.2) is 53.4 Å². The van der Waals surface area contributed by atoms with E-state index in [2.05, 4.69) is 5.32 Å². The normalized spacial score (nSPS) is 11.0. The summed E-state index contributed by atoms with van der Waals surface area (Å²) in [4.78, 5) is 12.1. The maximum Gasteiger partial charge on any atom is 0.225 e. The summed E-state index contributed by atoms with van der Waals surface area (Å²) >= 11 is 0. The fourth-order valence-electron chi connectivity index (χ4n) is 1.99. The van der Waals surface area contributed by atoms with Crippen LogP contribution in [0.25, 0.3) is 0 Å². The zero-order valence-corrected chi connectivity index (χ0v) is 13.9. The number of aryl methyl sites for hydroxylation is 1. The van der Waals surface area contributed by atoms with Crippen LogP contribution in [0.3, 0.4) is 0 Å². The smallest absolute Gasteiger partial charge is 0.225 e. The van der Waals surface area contributed by atoms with Crippen molar-refractivity contribution in [3.8, 4) is 5.75 Å². The van der Waals surface area contributed by atoms with Crippen molar-refractivity contribution in [2.24, 2.45) is 0 Å². The number of carbonyl (C=O) groups is 1. The van der Waals surface area contributed by atoms with Gasteiger partial charge in [0.1, 0.15) is 5.75 Å². The molecule has 1 amide bonds. The van der Waals surface area contributed by atoms with E-state index in [1.54, 1.807) is 55.6 Å². The largest absolute Gasteiger partial charge is 0.497 e. The number of nitrogens with one attached hydrogen (secondary N) is 1.